The summed E-state index contributed by atoms with van der Waals surface area (Å²) < 4.78 is 0. The maximum Gasteiger partial charge on any atom is 0.133 e. The molecule has 0 aliphatic rings. The summed E-state index contributed by atoms with van der Waals surface area (Å²) in [7, 11) is 0. The molecule has 0 radical (unpaired) electrons. The fourth-order valence-electron chi connectivity index (χ4n) is 2.21. The van der Waals surface area contributed by atoms with E-state index in [1.54, 1.807) is 6.07 Å². The molecule has 1 aromatic carbocycles. The number of nitrogens with one attached hydrogen (secondary N) is 1. The summed E-state index contributed by atoms with van der Waals surface area (Å²) in [5, 5.41) is 4.51. The predicted octanol–water partition coefficient (Wildman–Crippen LogP) is 5.14. The quantitative estimate of drug-likeness (QED) is 0.827. The van der Waals surface area contributed by atoms with Gasteiger partial charge in [-0.15, -0.1) is 0 Å². The molecule has 0 saturated heterocycles. The smallest absolute Gasteiger partial charge is 0.133 e. The van der Waals surface area contributed by atoms with Crippen molar-refractivity contribution in [2.45, 2.75) is 33.6 Å². The number of aryl methyl sites for hydroxylation is 1. The third kappa shape index (κ3) is 3.86. The van der Waals surface area contributed by atoms with Gasteiger partial charge in [-0.3, -0.25) is 0 Å². The molecule has 3 nitrogen and oxygen atoms in total. The van der Waals surface area contributed by atoms with Gasteiger partial charge in [-0.25, -0.2) is 9.97 Å². The highest BCUT2D eigenvalue weighted by molar-refractivity contribution is 6.35. The Kier molecular flexibility index (Phi) is 5.43. The van der Waals surface area contributed by atoms with Gasteiger partial charge in [0.25, 0.3) is 0 Å². The van der Waals surface area contributed by atoms with Gasteiger partial charge in [-0.2, -0.15) is 0 Å². The summed E-state index contributed by atoms with van der Waals surface area (Å²) >= 11 is 12.2. The van der Waals surface area contributed by atoms with E-state index in [0.29, 0.717) is 10.0 Å². The number of halogens is 2. The summed E-state index contributed by atoms with van der Waals surface area (Å²) in [5.74, 6) is 1.71. The van der Waals surface area contributed by atoms with Crippen molar-refractivity contribution in [3.63, 3.8) is 0 Å². The van der Waals surface area contributed by atoms with E-state index >= 15 is 0 Å². The topological polar surface area (TPSA) is 37.8 Å². The van der Waals surface area contributed by atoms with Crippen LogP contribution in [0.4, 0.5) is 5.82 Å². The van der Waals surface area contributed by atoms with Gasteiger partial charge in [0, 0.05) is 34.1 Å². The molecule has 0 amide bonds. The van der Waals surface area contributed by atoms with Crippen LogP contribution in [0.2, 0.25) is 10.0 Å². The first-order chi connectivity index (χ1) is 10.0. The maximum absolute atomic E-state index is 6.11. The fraction of sp³-hybridized carbons (Fsp3) is 0.375. The van der Waals surface area contributed by atoms with Gasteiger partial charge >= 0.3 is 0 Å². The van der Waals surface area contributed by atoms with Gasteiger partial charge < -0.3 is 5.32 Å². The number of anilines is 1. The Balaban J connectivity index is 2.59. The van der Waals surface area contributed by atoms with Crippen molar-refractivity contribution in [1.82, 2.24) is 9.97 Å². The molecule has 0 saturated carbocycles. The average Bonchev–Trinajstić information content (AvgIpc) is 2.41. The Morgan fingerprint density at radius 3 is 2.29 bits per heavy atom. The van der Waals surface area contributed by atoms with Crippen LogP contribution in [0.25, 0.3) is 11.3 Å². The molecule has 0 fully saturated rings. The molecule has 0 atom stereocenters. The van der Waals surface area contributed by atoms with Gasteiger partial charge in [0.1, 0.15) is 11.6 Å². The van der Waals surface area contributed by atoms with Crippen LogP contribution < -0.4 is 5.32 Å². The van der Waals surface area contributed by atoms with Crippen LogP contribution in [0.1, 0.15) is 31.7 Å². The Morgan fingerprint density at radius 2 is 1.71 bits per heavy atom. The van der Waals surface area contributed by atoms with Crippen molar-refractivity contribution < 1.29 is 0 Å². The predicted molar refractivity (Wildman–Crippen MR) is 90.4 cm³/mol. The minimum Gasteiger partial charge on any atom is -0.370 e. The van der Waals surface area contributed by atoms with Crippen molar-refractivity contribution in [2.24, 2.45) is 0 Å². The zero-order valence-electron chi connectivity index (χ0n) is 12.5. The van der Waals surface area contributed by atoms with E-state index in [-0.39, 0.29) is 0 Å². The lowest BCUT2D eigenvalue weighted by atomic mass is 10.1. The lowest BCUT2D eigenvalue weighted by Crippen LogP contribution is -2.08. The van der Waals surface area contributed by atoms with E-state index in [0.717, 1.165) is 47.8 Å². The van der Waals surface area contributed by atoms with Gasteiger partial charge in [0.15, 0.2) is 0 Å². The third-order valence-electron chi connectivity index (χ3n) is 3.15. The summed E-state index contributed by atoms with van der Waals surface area (Å²) in [5.41, 5.74) is 2.81. The molecular formula is C16H19Cl2N3. The summed E-state index contributed by atoms with van der Waals surface area (Å²) in [6.07, 6.45) is 1.85. The molecule has 1 heterocycles. The second-order valence-corrected chi connectivity index (χ2v) is 5.77. The van der Waals surface area contributed by atoms with Gasteiger partial charge in [-0.05, 0) is 38.5 Å². The summed E-state index contributed by atoms with van der Waals surface area (Å²) in [4.78, 5) is 9.28. The average molecular weight is 324 g/mol. The number of rotatable bonds is 5. The van der Waals surface area contributed by atoms with Crippen LogP contribution in [0.3, 0.4) is 0 Å². The molecule has 0 bridgehead atoms. The molecule has 1 aromatic heterocycles. The van der Waals surface area contributed by atoms with Crippen LogP contribution in [-0.4, -0.2) is 16.5 Å². The number of benzene rings is 1. The van der Waals surface area contributed by atoms with E-state index in [4.69, 9.17) is 23.2 Å². The van der Waals surface area contributed by atoms with E-state index in [1.165, 1.54) is 0 Å². The molecule has 0 aliphatic carbocycles. The van der Waals surface area contributed by atoms with Crippen LogP contribution in [-0.2, 0) is 6.42 Å². The molecule has 0 aliphatic heterocycles. The van der Waals surface area contributed by atoms with Crippen molar-refractivity contribution in [3.8, 4) is 11.3 Å². The van der Waals surface area contributed by atoms with Crippen LogP contribution in [0.15, 0.2) is 18.2 Å². The summed E-state index contributed by atoms with van der Waals surface area (Å²) in [6, 6.07) is 5.49. The molecule has 2 rings (SSSR count). The normalized spacial score (nSPS) is 10.7. The maximum atomic E-state index is 6.11. The molecule has 0 unspecified atom stereocenters. The second kappa shape index (κ2) is 7.10. The largest absolute Gasteiger partial charge is 0.370 e. The van der Waals surface area contributed by atoms with E-state index < -0.39 is 0 Å². The van der Waals surface area contributed by atoms with E-state index in [2.05, 4.69) is 29.1 Å². The first-order valence-corrected chi connectivity index (χ1v) is 7.88. The molecule has 0 spiro atoms. The number of aromatic nitrogens is 2. The Morgan fingerprint density at radius 1 is 1.05 bits per heavy atom. The Bertz CT molecular complexity index is 621. The number of hydrogen-bond acceptors (Lipinski definition) is 3. The fourth-order valence-corrected chi connectivity index (χ4v) is 2.74. The third-order valence-corrected chi connectivity index (χ3v) is 3.58. The van der Waals surface area contributed by atoms with Crippen LogP contribution in [0.5, 0.6) is 0 Å². The highest BCUT2D eigenvalue weighted by Crippen LogP contribution is 2.30. The Labute approximate surface area is 135 Å². The number of hydrogen-bond donors (Lipinski definition) is 1. The van der Waals surface area contributed by atoms with Crippen molar-refractivity contribution >= 4 is 29.0 Å². The molecular weight excluding hydrogens is 305 g/mol. The molecule has 5 heteroatoms. The lowest BCUT2D eigenvalue weighted by molar-refractivity contribution is 0.833. The minimum atomic E-state index is 0.609. The van der Waals surface area contributed by atoms with Crippen molar-refractivity contribution in [2.75, 3.05) is 11.9 Å². The van der Waals surface area contributed by atoms with Gasteiger partial charge in [0.05, 0.1) is 5.69 Å². The number of nitrogens with zero attached hydrogens (tertiary/aromatic N) is 2. The highest BCUT2D eigenvalue weighted by atomic mass is 35.5. The lowest BCUT2D eigenvalue weighted by Gasteiger charge is -2.14. The minimum absolute atomic E-state index is 0.609. The van der Waals surface area contributed by atoms with E-state index in [1.807, 2.05) is 19.1 Å². The molecule has 112 valence electrons. The van der Waals surface area contributed by atoms with Crippen molar-refractivity contribution in [1.29, 1.82) is 0 Å². The van der Waals surface area contributed by atoms with Gasteiger partial charge in [0.2, 0.25) is 0 Å². The molecule has 21 heavy (non-hydrogen) atoms. The summed E-state index contributed by atoms with van der Waals surface area (Å²) in [6.45, 7) is 7.00. The molecule has 1 N–H and O–H groups in total. The van der Waals surface area contributed by atoms with Crippen LogP contribution >= 0.6 is 23.2 Å². The monoisotopic (exact) mass is 323 g/mol. The highest BCUT2D eigenvalue weighted by Gasteiger charge is 2.13. The zero-order valence-corrected chi connectivity index (χ0v) is 14.0. The molecule has 2 aromatic rings. The first kappa shape index (κ1) is 16.1. The van der Waals surface area contributed by atoms with E-state index in [9.17, 15) is 0 Å². The SMILES string of the molecule is CCCc1nc(NCC)c(C)c(-c2cc(Cl)cc(Cl)c2)n1. The standard InChI is InChI=1S/C16H19Cl2N3/c1-4-6-14-20-15(10(3)16(21-14)19-5-2)11-7-12(17)9-13(18)8-11/h7-9H,4-6H2,1-3H3,(H,19,20,21). The van der Waals surface area contributed by atoms with Gasteiger partial charge in [-0.1, -0.05) is 30.1 Å². The second-order valence-electron chi connectivity index (χ2n) is 4.90. The van der Waals surface area contributed by atoms with Crippen LogP contribution in [0, 0.1) is 6.92 Å². The van der Waals surface area contributed by atoms with Crippen molar-refractivity contribution in [3.05, 3.63) is 39.6 Å². The Hall–Kier alpha value is -1.32. The zero-order chi connectivity index (χ0) is 15.4. The first-order valence-electron chi connectivity index (χ1n) is 7.13.